The van der Waals surface area contributed by atoms with Crippen molar-refractivity contribution in [1.29, 1.82) is 0 Å². The van der Waals surface area contributed by atoms with Gasteiger partial charge < -0.3 is 17.2 Å². The van der Waals surface area contributed by atoms with Gasteiger partial charge in [0.2, 0.25) is 5.96 Å². The number of halogens is 1. The van der Waals surface area contributed by atoms with Crippen LogP contribution in [0.3, 0.4) is 0 Å². The summed E-state index contributed by atoms with van der Waals surface area (Å²) in [5, 5.41) is 0. The monoisotopic (exact) mass is 261 g/mol. The highest BCUT2D eigenvalue weighted by Gasteiger charge is 2.14. The lowest BCUT2D eigenvalue weighted by Crippen LogP contribution is -2.26. The zero-order valence-corrected chi connectivity index (χ0v) is 10.4. The molecule has 100 valence electrons. The van der Waals surface area contributed by atoms with Gasteiger partial charge in [0.15, 0.2) is 5.96 Å². The number of hydrogen-bond acceptors (Lipinski definition) is 1. The van der Waals surface area contributed by atoms with Crippen LogP contribution in [0, 0.1) is 5.82 Å². The van der Waals surface area contributed by atoms with Crippen molar-refractivity contribution in [3.8, 4) is 0 Å². The van der Waals surface area contributed by atoms with Crippen molar-refractivity contribution in [3.05, 3.63) is 41.2 Å². The summed E-state index contributed by atoms with van der Waals surface area (Å²) in [4.78, 5) is 7.66. The van der Waals surface area contributed by atoms with Gasteiger partial charge in [0.25, 0.3) is 0 Å². The SMILES string of the molecule is NC(N)=NC(N)=NCCC1=CCc2ccc(F)cc21. The third kappa shape index (κ3) is 3.31. The normalized spacial score (nSPS) is 13.9. The van der Waals surface area contributed by atoms with Crippen LogP contribution in [0.15, 0.2) is 34.3 Å². The van der Waals surface area contributed by atoms with Crippen LogP contribution >= 0.6 is 0 Å². The summed E-state index contributed by atoms with van der Waals surface area (Å²) in [7, 11) is 0. The van der Waals surface area contributed by atoms with E-state index in [0.717, 1.165) is 23.1 Å². The second-order valence-electron chi connectivity index (χ2n) is 4.26. The van der Waals surface area contributed by atoms with Gasteiger partial charge in [-0.05, 0) is 41.7 Å². The molecule has 0 amide bonds. The Hall–Kier alpha value is -2.37. The van der Waals surface area contributed by atoms with E-state index < -0.39 is 0 Å². The fraction of sp³-hybridized carbons (Fsp3) is 0.231. The van der Waals surface area contributed by atoms with Crippen LogP contribution in [-0.2, 0) is 6.42 Å². The average Bonchev–Trinajstić information content (AvgIpc) is 2.71. The van der Waals surface area contributed by atoms with Crippen LogP contribution in [0.4, 0.5) is 4.39 Å². The summed E-state index contributed by atoms with van der Waals surface area (Å²) in [5.41, 5.74) is 19.0. The van der Waals surface area contributed by atoms with Crippen LogP contribution < -0.4 is 17.2 Å². The molecule has 0 saturated carbocycles. The van der Waals surface area contributed by atoms with Gasteiger partial charge in [-0.15, -0.1) is 0 Å². The third-order valence-corrected chi connectivity index (χ3v) is 2.88. The minimum Gasteiger partial charge on any atom is -0.370 e. The first-order valence-electron chi connectivity index (χ1n) is 5.93. The Morgan fingerprint density at radius 2 is 2.05 bits per heavy atom. The number of benzene rings is 1. The lowest BCUT2D eigenvalue weighted by atomic mass is 10.0. The van der Waals surface area contributed by atoms with E-state index in [1.165, 1.54) is 6.07 Å². The van der Waals surface area contributed by atoms with Crippen LogP contribution in [0.25, 0.3) is 5.57 Å². The topological polar surface area (TPSA) is 103 Å². The Labute approximate surface area is 110 Å². The van der Waals surface area contributed by atoms with Gasteiger partial charge in [0.05, 0.1) is 0 Å². The molecule has 6 heteroatoms. The van der Waals surface area contributed by atoms with Gasteiger partial charge >= 0.3 is 0 Å². The molecule has 19 heavy (non-hydrogen) atoms. The van der Waals surface area contributed by atoms with Crippen molar-refractivity contribution in [3.63, 3.8) is 0 Å². The molecule has 0 radical (unpaired) electrons. The standard InChI is InChI=1S/C13H16FN5/c14-10-4-3-8-1-2-9(11(8)7-10)5-6-18-13(17)19-12(15)16/h2-4,7H,1,5-6H2,(H6,15,16,17,18,19). The molecule has 0 atom stereocenters. The summed E-state index contributed by atoms with van der Waals surface area (Å²) in [6.45, 7) is 0.463. The van der Waals surface area contributed by atoms with Crippen LogP contribution in [0.1, 0.15) is 17.5 Å². The van der Waals surface area contributed by atoms with Crippen molar-refractivity contribution in [1.82, 2.24) is 0 Å². The molecule has 0 spiro atoms. The van der Waals surface area contributed by atoms with Gasteiger partial charge in [-0.3, -0.25) is 4.99 Å². The van der Waals surface area contributed by atoms with Gasteiger partial charge in [-0.25, -0.2) is 4.39 Å². The summed E-state index contributed by atoms with van der Waals surface area (Å²) in [5.74, 6) is -0.290. The molecule has 1 aliphatic carbocycles. The van der Waals surface area contributed by atoms with Crippen LogP contribution in [-0.4, -0.2) is 18.5 Å². The molecule has 1 aromatic rings. The first-order valence-corrected chi connectivity index (χ1v) is 5.93. The number of guanidine groups is 2. The second kappa shape index (κ2) is 5.51. The molecule has 0 unspecified atom stereocenters. The smallest absolute Gasteiger partial charge is 0.218 e. The Morgan fingerprint density at radius 1 is 1.26 bits per heavy atom. The fourth-order valence-corrected chi connectivity index (χ4v) is 2.06. The maximum Gasteiger partial charge on any atom is 0.218 e. The minimum absolute atomic E-state index is 0.0538. The van der Waals surface area contributed by atoms with Crippen LogP contribution in [0.5, 0.6) is 0 Å². The molecule has 2 rings (SSSR count). The second-order valence-corrected chi connectivity index (χ2v) is 4.26. The number of nitrogens with two attached hydrogens (primary N) is 3. The minimum atomic E-state index is -0.227. The van der Waals surface area contributed by atoms with Gasteiger partial charge in [0.1, 0.15) is 5.82 Å². The Morgan fingerprint density at radius 3 is 2.79 bits per heavy atom. The highest BCUT2D eigenvalue weighted by molar-refractivity contribution is 5.92. The number of rotatable bonds is 3. The van der Waals surface area contributed by atoms with Crippen molar-refractivity contribution < 1.29 is 4.39 Å². The quantitative estimate of drug-likeness (QED) is 0.552. The largest absolute Gasteiger partial charge is 0.370 e. The highest BCUT2D eigenvalue weighted by Crippen LogP contribution is 2.30. The van der Waals surface area contributed by atoms with Gasteiger partial charge in [-0.1, -0.05) is 12.1 Å². The van der Waals surface area contributed by atoms with Gasteiger partial charge in [-0.2, -0.15) is 4.99 Å². The molecule has 6 N–H and O–H groups in total. The number of aliphatic imine (C=N–C) groups is 2. The highest BCUT2D eigenvalue weighted by atomic mass is 19.1. The first kappa shape index (κ1) is 13.1. The number of fused-ring (bicyclic) bond motifs is 1. The zero-order valence-electron chi connectivity index (χ0n) is 10.4. The number of hydrogen-bond donors (Lipinski definition) is 3. The van der Waals surface area contributed by atoms with Crippen molar-refractivity contribution >= 4 is 17.5 Å². The average molecular weight is 261 g/mol. The summed E-state index contributed by atoms with van der Waals surface area (Å²) < 4.78 is 13.2. The molecule has 0 aliphatic heterocycles. The van der Waals surface area contributed by atoms with E-state index >= 15 is 0 Å². The van der Waals surface area contributed by atoms with E-state index in [1.54, 1.807) is 6.07 Å². The predicted octanol–water partition coefficient (Wildman–Crippen LogP) is 0.743. The van der Waals surface area contributed by atoms with E-state index in [4.69, 9.17) is 17.2 Å². The maximum absolute atomic E-state index is 13.2. The van der Waals surface area contributed by atoms with E-state index in [1.807, 2.05) is 6.07 Å². The molecule has 0 aromatic heterocycles. The van der Waals surface area contributed by atoms with Crippen LogP contribution in [0.2, 0.25) is 0 Å². The first-order chi connectivity index (χ1) is 9.06. The molecule has 0 saturated heterocycles. The van der Waals surface area contributed by atoms with E-state index in [2.05, 4.69) is 16.1 Å². The molecule has 0 fully saturated rings. The fourth-order valence-electron chi connectivity index (χ4n) is 2.06. The lowest BCUT2D eigenvalue weighted by Gasteiger charge is -2.04. The van der Waals surface area contributed by atoms with E-state index in [0.29, 0.717) is 13.0 Å². The molecule has 5 nitrogen and oxygen atoms in total. The molecule has 1 aromatic carbocycles. The maximum atomic E-state index is 13.2. The summed E-state index contributed by atoms with van der Waals surface area (Å²) in [6.07, 6.45) is 3.59. The Balaban J connectivity index is 2.00. The van der Waals surface area contributed by atoms with Gasteiger partial charge in [0, 0.05) is 6.54 Å². The van der Waals surface area contributed by atoms with Crippen molar-refractivity contribution in [2.24, 2.45) is 27.2 Å². The van der Waals surface area contributed by atoms with Crippen molar-refractivity contribution in [2.45, 2.75) is 12.8 Å². The van der Waals surface area contributed by atoms with E-state index in [-0.39, 0.29) is 17.7 Å². The third-order valence-electron chi connectivity index (χ3n) is 2.88. The summed E-state index contributed by atoms with van der Waals surface area (Å²) >= 11 is 0. The number of allylic oxidation sites excluding steroid dienone is 1. The molecule has 1 aliphatic rings. The lowest BCUT2D eigenvalue weighted by molar-refractivity contribution is 0.627. The number of nitrogens with zero attached hydrogens (tertiary/aromatic N) is 2. The zero-order chi connectivity index (χ0) is 13.8. The summed E-state index contributed by atoms with van der Waals surface area (Å²) in [6, 6.07) is 4.84. The Bertz CT molecular complexity index is 570. The molecular weight excluding hydrogens is 245 g/mol. The molecule has 0 bridgehead atoms. The molecular formula is C13H16FN5. The molecule has 0 heterocycles. The van der Waals surface area contributed by atoms with Crippen molar-refractivity contribution in [2.75, 3.05) is 6.54 Å². The Kier molecular flexibility index (Phi) is 3.79. The van der Waals surface area contributed by atoms with E-state index in [9.17, 15) is 4.39 Å². The predicted molar refractivity (Wildman–Crippen MR) is 75.0 cm³/mol.